The molecule has 0 radical (unpaired) electrons. The van der Waals surface area contributed by atoms with E-state index in [-0.39, 0.29) is 11.9 Å². The van der Waals surface area contributed by atoms with Gasteiger partial charge in [-0.25, -0.2) is 13.4 Å². The van der Waals surface area contributed by atoms with Gasteiger partial charge in [0.25, 0.3) is 0 Å². The number of benzene rings is 1. The topological polar surface area (TPSA) is 79.8 Å². The fourth-order valence-electron chi connectivity index (χ4n) is 2.05. The SMILES string of the molecule is CCNC(=NCC(C)Oc1ccccc1C)NCCCS(C)(=O)=O. The Morgan fingerprint density at radius 1 is 1.29 bits per heavy atom. The summed E-state index contributed by atoms with van der Waals surface area (Å²) in [4.78, 5) is 4.49. The number of ether oxygens (including phenoxy) is 1. The van der Waals surface area contributed by atoms with Gasteiger partial charge in [0.2, 0.25) is 0 Å². The maximum atomic E-state index is 11.1. The summed E-state index contributed by atoms with van der Waals surface area (Å²) in [6.07, 6.45) is 1.74. The molecule has 24 heavy (non-hydrogen) atoms. The van der Waals surface area contributed by atoms with Gasteiger partial charge in [0.15, 0.2) is 5.96 Å². The number of nitrogens with zero attached hydrogens (tertiary/aromatic N) is 1. The van der Waals surface area contributed by atoms with Crippen LogP contribution in [0.3, 0.4) is 0 Å². The van der Waals surface area contributed by atoms with Gasteiger partial charge >= 0.3 is 0 Å². The van der Waals surface area contributed by atoms with E-state index < -0.39 is 9.84 Å². The van der Waals surface area contributed by atoms with Crippen LogP contribution in [0.15, 0.2) is 29.3 Å². The number of sulfone groups is 1. The number of para-hydroxylation sites is 1. The summed E-state index contributed by atoms with van der Waals surface area (Å²) in [5.74, 6) is 1.71. The van der Waals surface area contributed by atoms with E-state index in [2.05, 4.69) is 15.6 Å². The number of guanidine groups is 1. The highest BCUT2D eigenvalue weighted by molar-refractivity contribution is 7.90. The average Bonchev–Trinajstić information content (AvgIpc) is 2.50. The van der Waals surface area contributed by atoms with Crippen molar-refractivity contribution >= 4 is 15.8 Å². The van der Waals surface area contributed by atoms with Crippen molar-refractivity contribution in [1.29, 1.82) is 0 Å². The van der Waals surface area contributed by atoms with E-state index in [1.807, 2.05) is 45.0 Å². The van der Waals surface area contributed by atoms with Gasteiger partial charge in [0, 0.05) is 19.3 Å². The van der Waals surface area contributed by atoms with Crippen LogP contribution in [0, 0.1) is 6.92 Å². The molecule has 0 saturated carbocycles. The first kappa shape index (κ1) is 20.3. The van der Waals surface area contributed by atoms with Gasteiger partial charge in [-0.3, -0.25) is 0 Å². The molecule has 0 amide bonds. The molecule has 1 aromatic rings. The molecule has 1 unspecified atom stereocenters. The van der Waals surface area contributed by atoms with Gasteiger partial charge < -0.3 is 15.4 Å². The Bertz CT molecular complexity index is 630. The van der Waals surface area contributed by atoms with Crippen molar-refractivity contribution in [1.82, 2.24) is 10.6 Å². The molecule has 0 aromatic heterocycles. The fraction of sp³-hybridized carbons (Fsp3) is 0.588. The summed E-state index contributed by atoms with van der Waals surface area (Å²) in [5, 5.41) is 6.29. The molecule has 1 rings (SSSR count). The largest absolute Gasteiger partial charge is 0.489 e. The van der Waals surface area contributed by atoms with E-state index >= 15 is 0 Å². The van der Waals surface area contributed by atoms with Gasteiger partial charge in [-0.2, -0.15) is 0 Å². The molecule has 6 nitrogen and oxygen atoms in total. The molecule has 1 aromatic carbocycles. The average molecular weight is 356 g/mol. The van der Waals surface area contributed by atoms with E-state index in [0.29, 0.717) is 25.5 Å². The molecule has 0 aliphatic carbocycles. The Labute approximate surface area is 145 Å². The number of aryl methyl sites for hydroxylation is 1. The van der Waals surface area contributed by atoms with Crippen molar-refractivity contribution in [3.05, 3.63) is 29.8 Å². The second-order valence-corrected chi connectivity index (χ2v) is 8.08. The van der Waals surface area contributed by atoms with E-state index in [4.69, 9.17) is 4.74 Å². The molecule has 1 atom stereocenters. The third kappa shape index (κ3) is 8.76. The molecule has 0 spiro atoms. The first-order valence-electron chi connectivity index (χ1n) is 8.24. The first-order valence-corrected chi connectivity index (χ1v) is 10.3. The zero-order chi connectivity index (χ0) is 18.0. The Kier molecular flexibility index (Phi) is 8.60. The standard InChI is InChI=1S/C17H29N3O3S/c1-5-18-17(19-11-8-12-24(4,21)22)20-13-15(3)23-16-10-7-6-9-14(16)2/h6-7,9-10,15H,5,8,11-13H2,1-4H3,(H2,18,19,20). The van der Waals surface area contributed by atoms with Crippen LogP contribution < -0.4 is 15.4 Å². The molecule has 136 valence electrons. The third-order valence-corrected chi connectivity index (χ3v) is 4.29. The molecule has 2 N–H and O–H groups in total. The van der Waals surface area contributed by atoms with Crippen LogP contribution in [0.25, 0.3) is 0 Å². The van der Waals surface area contributed by atoms with Crippen LogP contribution in [0.2, 0.25) is 0 Å². The van der Waals surface area contributed by atoms with Crippen LogP contribution in [-0.2, 0) is 9.84 Å². The molecular weight excluding hydrogens is 326 g/mol. The fourth-order valence-corrected chi connectivity index (χ4v) is 2.71. The Balaban J connectivity index is 2.47. The second-order valence-electron chi connectivity index (χ2n) is 5.82. The summed E-state index contributed by atoms with van der Waals surface area (Å²) >= 11 is 0. The second kappa shape index (κ2) is 10.2. The van der Waals surface area contributed by atoms with Gasteiger partial charge in [-0.15, -0.1) is 0 Å². The minimum Gasteiger partial charge on any atom is -0.489 e. The number of hydrogen-bond acceptors (Lipinski definition) is 4. The molecule has 0 bridgehead atoms. The predicted molar refractivity (Wildman–Crippen MR) is 99.6 cm³/mol. The number of rotatable bonds is 9. The zero-order valence-electron chi connectivity index (χ0n) is 15.0. The molecule has 0 fully saturated rings. The summed E-state index contributed by atoms with van der Waals surface area (Å²) in [5.41, 5.74) is 1.10. The first-order chi connectivity index (χ1) is 11.3. The lowest BCUT2D eigenvalue weighted by Gasteiger charge is -2.16. The van der Waals surface area contributed by atoms with Crippen molar-refractivity contribution in [2.75, 3.05) is 31.6 Å². The van der Waals surface area contributed by atoms with Crippen LogP contribution in [0.1, 0.15) is 25.8 Å². The van der Waals surface area contributed by atoms with E-state index in [0.717, 1.165) is 17.9 Å². The van der Waals surface area contributed by atoms with E-state index in [1.165, 1.54) is 6.26 Å². The minimum atomic E-state index is -2.92. The normalized spacial score (nSPS) is 13.4. The monoisotopic (exact) mass is 355 g/mol. The van der Waals surface area contributed by atoms with Gasteiger partial charge in [-0.1, -0.05) is 18.2 Å². The number of aliphatic imine (C=N–C) groups is 1. The summed E-state index contributed by atoms with van der Waals surface area (Å²) in [6.45, 7) is 7.79. The number of hydrogen-bond donors (Lipinski definition) is 2. The van der Waals surface area contributed by atoms with Crippen molar-refractivity contribution in [3.8, 4) is 5.75 Å². The lowest BCUT2D eigenvalue weighted by molar-refractivity contribution is 0.228. The minimum absolute atomic E-state index is 0.0578. The summed E-state index contributed by atoms with van der Waals surface area (Å²) in [6, 6.07) is 7.89. The molecular formula is C17H29N3O3S. The van der Waals surface area contributed by atoms with Crippen LogP contribution in [-0.4, -0.2) is 52.1 Å². The van der Waals surface area contributed by atoms with Gasteiger partial charge in [-0.05, 0) is 38.8 Å². The molecule has 0 aliphatic heterocycles. The summed E-state index contributed by atoms with van der Waals surface area (Å²) < 4.78 is 28.2. The van der Waals surface area contributed by atoms with E-state index in [9.17, 15) is 8.42 Å². The third-order valence-electron chi connectivity index (χ3n) is 3.26. The molecule has 7 heteroatoms. The van der Waals surface area contributed by atoms with Crippen LogP contribution in [0.5, 0.6) is 5.75 Å². The zero-order valence-corrected chi connectivity index (χ0v) is 15.8. The van der Waals surface area contributed by atoms with Crippen molar-refractivity contribution in [2.24, 2.45) is 4.99 Å². The van der Waals surface area contributed by atoms with Crippen molar-refractivity contribution in [3.63, 3.8) is 0 Å². The van der Waals surface area contributed by atoms with Crippen molar-refractivity contribution in [2.45, 2.75) is 33.3 Å². The quantitative estimate of drug-likeness (QED) is 0.401. The van der Waals surface area contributed by atoms with E-state index in [1.54, 1.807) is 0 Å². The Hall–Kier alpha value is -1.76. The number of nitrogens with one attached hydrogen (secondary N) is 2. The van der Waals surface area contributed by atoms with Crippen LogP contribution in [0.4, 0.5) is 0 Å². The highest BCUT2D eigenvalue weighted by Crippen LogP contribution is 2.17. The highest BCUT2D eigenvalue weighted by Gasteiger charge is 2.07. The van der Waals surface area contributed by atoms with Gasteiger partial charge in [0.1, 0.15) is 21.7 Å². The maximum absolute atomic E-state index is 11.1. The maximum Gasteiger partial charge on any atom is 0.191 e. The van der Waals surface area contributed by atoms with Crippen molar-refractivity contribution < 1.29 is 13.2 Å². The predicted octanol–water partition coefficient (Wildman–Crippen LogP) is 1.75. The van der Waals surface area contributed by atoms with Crippen LogP contribution >= 0.6 is 0 Å². The molecule has 0 aliphatic rings. The smallest absolute Gasteiger partial charge is 0.191 e. The Morgan fingerprint density at radius 2 is 2.00 bits per heavy atom. The van der Waals surface area contributed by atoms with Gasteiger partial charge in [0.05, 0.1) is 12.3 Å². The molecule has 0 saturated heterocycles. The lowest BCUT2D eigenvalue weighted by Crippen LogP contribution is -2.39. The highest BCUT2D eigenvalue weighted by atomic mass is 32.2. The molecule has 0 heterocycles. The Morgan fingerprint density at radius 3 is 2.62 bits per heavy atom. The lowest BCUT2D eigenvalue weighted by atomic mass is 10.2. The summed E-state index contributed by atoms with van der Waals surface area (Å²) in [7, 11) is -2.92.